The lowest BCUT2D eigenvalue weighted by atomic mass is 10.2. The average molecular weight is 247 g/mol. The number of aromatic nitrogens is 2. The van der Waals surface area contributed by atoms with Crippen LogP contribution in [-0.4, -0.2) is 30.3 Å². The Labute approximate surface area is 106 Å². The van der Waals surface area contributed by atoms with E-state index in [0.29, 0.717) is 6.54 Å². The van der Waals surface area contributed by atoms with Gasteiger partial charge in [-0.25, -0.2) is 4.98 Å². The summed E-state index contributed by atoms with van der Waals surface area (Å²) in [6.07, 6.45) is 4.46. The van der Waals surface area contributed by atoms with Crippen LogP contribution in [0.15, 0.2) is 30.7 Å². The van der Waals surface area contributed by atoms with E-state index in [1.807, 2.05) is 29.0 Å². The molecule has 0 unspecified atom stereocenters. The molecule has 0 atom stereocenters. The predicted molar refractivity (Wildman–Crippen MR) is 69.4 cm³/mol. The maximum absolute atomic E-state index is 5.52. The van der Waals surface area contributed by atoms with Gasteiger partial charge in [0.1, 0.15) is 11.5 Å². The lowest BCUT2D eigenvalue weighted by Gasteiger charge is -2.10. The van der Waals surface area contributed by atoms with Gasteiger partial charge in [0.25, 0.3) is 0 Å². The van der Waals surface area contributed by atoms with Gasteiger partial charge in [-0.2, -0.15) is 0 Å². The zero-order valence-electron chi connectivity index (χ0n) is 10.6. The van der Waals surface area contributed by atoms with E-state index < -0.39 is 0 Å². The number of imidazole rings is 1. The van der Waals surface area contributed by atoms with Crippen molar-refractivity contribution < 1.29 is 9.47 Å². The molecule has 1 aromatic carbocycles. The summed E-state index contributed by atoms with van der Waals surface area (Å²) in [5.41, 5.74) is 7.37. The first-order chi connectivity index (χ1) is 8.78. The van der Waals surface area contributed by atoms with Gasteiger partial charge in [-0.15, -0.1) is 0 Å². The van der Waals surface area contributed by atoms with Crippen molar-refractivity contribution in [2.24, 2.45) is 5.73 Å². The lowest BCUT2D eigenvalue weighted by molar-refractivity contribution is 0.401. The largest absolute Gasteiger partial charge is 0.497 e. The summed E-state index contributed by atoms with van der Waals surface area (Å²) < 4.78 is 12.5. The Bertz CT molecular complexity index is 523. The van der Waals surface area contributed by atoms with Crippen LogP contribution in [0.4, 0.5) is 0 Å². The molecule has 0 amide bonds. The Morgan fingerprint density at radius 1 is 1.28 bits per heavy atom. The summed E-state index contributed by atoms with van der Waals surface area (Å²) in [6, 6.07) is 5.64. The monoisotopic (exact) mass is 247 g/mol. The minimum atomic E-state index is 0.590. The molecule has 96 valence electrons. The summed E-state index contributed by atoms with van der Waals surface area (Å²) in [5.74, 6) is 1.55. The van der Waals surface area contributed by atoms with Gasteiger partial charge in [-0.1, -0.05) is 0 Å². The molecule has 0 aliphatic rings. The molecule has 18 heavy (non-hydrogen) atoms. The van der Waals surface area contributed by atoms with E-state index in [2.05, 4.69) is 4.98 Å². The molecule has 2 N–H and O–H groups in total. The first-order valence-corrected chi connectivity index (χ1v) is 5.74. The number of rotatable bonds is 5. The zero-order chi connectivity index (χ0) is 13.0. The molecule has 2 aromatic rings. The molecule has 5 nitrogen and oxygen atoms in total. The van der Waals surface area contributed by atoms with Crippen LogP contribution in [0.5, 0.6) is 11.5 Å². The van der Waals surface area contributed by atoms with Crippen LogP contribution in [0.25, 0.3) is 5.69 Å². The smallest absolute Gasteiger partial charge is 0.143 e. The van der Waals surface area contributed by atoms with Crippen LogP contribution in [0, 0.1) is 0 Å². The molecule has 0 fully saturated rings. The highest BCUT2D eigenvalue weighted by molar-refractivity contribution is 5.51. The van der Waals surface area contributed by atoms with Gasteiger partial charge in [0.2, 0.25) is 0 Å². The van der Waals surface area contributed by atoms with Gasteiger partial charge < -0.3 is 19.8 Å². The van der Waals surface area contributed by atoms with Crippen molar-refractivity contribution >= 4 is 0 Å². The first kappa shape index (κ1) is 12.4. The van der Waals surface area contributed by atoms with Gasteiger partial charge in [0.15, 0.2) is 0 Å². The maximum Gasteiger partial charge on any atom is 0.143 e. The van der Waals surface area contributed by atoms with Crippen molar-refractivity contribution in [3.8, 4) is 17.2 Å². The normalized spacial score (nSPS) is 10.4. The summed E-state index contributed by atoms with van der Waals surface area (Å²) in [5, 5.41) is 0. The number of hydrogen-bond acceptors (Lipinski definition) is 4. The molecule has 1 heterocycles. The van der Waals surface area contributed by atoms with E-state index in [4.69, 9.17) is 15.2 Å². The van der Waals surface area contributed by atoms with E-state index in [9.17, 15) is 0 Å². The third-order valence-corrected chi connectivity index (χ3v) is 2.70. The number of nitrogens with zero attached hydrogens (tertiary/aromatic N) is 2. The number of ether oxygens (including phenoxy) is 2. The second-order valence-electron chi connectivity index (χ2n) is 3.85. The van der Waals surface area contributed by atoms with Gasteiger partial charge in [-0.3, -0.25) is 0 Å². The highest BCUT2D eigenvalue weighted by Crippen LogP contribution is 2.27. The minimum absolute atomic E-state index is 0.590. The summed E-state index contributed by atoms with van der Waals surface area (Å²) in [7, 11) is 3.28. The van der Waals surface area contributed by atoms with E-state index in [1.54, 1.807) is 20.5 Å². The third-order valence-electron chi connectivity index (χ3n) is 2.70. The molecular formula is C13H17N3O2. The van der Waals surface area contributed by atoms with Gasteiger partial charge in [-0.05, 0) is 18.7 Å². The molecule has 5 heteroatoms. The highest BCUT2D eigenvalue weighted by Gasteiger charge is 2.08. The van der Waals surface area contributed by atoms with E-state index in [-0.39, 0.29) is 0 Å². The summed E-state index contributed by atoms with van der Waals surface area (Å²) >= 11 is 0. The van der Waals surface area contributed by atoms with Crippen molar-refractivity contribution in [3.63, 3.8) is 0 Å². The SMILES string of the molecule is COc1ccc(OC)c(-n2cnc(CCN)c2)c1. The second-order valence-corrected chi connectivity index (χ2v) is 3.85. The Hall–Kier alpha value is -2.01. The van der Waals surface area contributed by atoms with Crippen LogP contribution < -0.4 is 15.2 Å². The molecule has 0 radical (unpaired) electrons. The van der Waals surface area contributed by atoms with Crippen LogP contribution in [0.1, 0.15) is 5.69 Å². The van der Waals surface area contributed by atoms with Crippen LogP contribution >= 0.6 is 0 Å². The molecule has 0 aliphatic carbocycles. The Balaban J connectivity index is 2.40. The maximum atomic E-state index is 5.52. The second kappa shape index (κ2) is 5.55. The molecule has 1 aromatic heterocycles. The van der Waals surface area contributed by atoms with Crippen LogP contribution in [0.2, 0.25) is 0 Å². The number of nitrogens with two attached hydrogens (primary N) is 1. The predicted octanol–water partition coefficient (Wildman–Crippen LogP) is 1.39. The van der Waals surface area contributed by atoms with Crippen molar-refractivity contribution in [1.82, 2.24) is 9.55 Å². The topological polar surface area (TPSA) is 62.3 Å². The van der Waals surface area contributed by atoms with Crippen molar-refractivity contribution in [3.05, 3.63) is 36.4 Å². The molecule has 0 saturated heterocycles. The van der Waals surface area contributed by atoms with E-state index in [0.717, 1.165) is 29.3 Å². The van der Waals surface area contributed by atoms with Crippen molar-refractivity contribution in [2.45, 2.75) is 6.42 Å². The molecule has 0 saturated carbocycles. The fourth-order valence-electron chi connectivity index (χ4n) is 1.77. The Morgan fingerprint density at radius 2 is 2.11 bits per heavy atom. The van der Waals surface area contributed by atoms with Gasteiger partial charge in [0, 0.05) is 18.7 Å². The third kappa shape index (κ3) is 2.46. The van der Waals surface area contributed by atoms with E-state index in [1.165, 1.54) is 0 Å². The Kier molecular flexibility index (Phi) is 3.84. The summed E-state index contributed by atoms with van der Waals surface area (Å²) in [6.45, 7) is 0.590. The van der Waals surface area contributed by atoms with Gasteiger partial charge in [0.05, 0.1) is 31.9 Å². The van der Waals surface area contributed by atoms with Crippen LogP contribution in [0.3, 0.4) is 0 Å². The molecule has 2 rings (SSSR count). The minimum Gasteiger partial charge on any atom is -0.497 e. The lowest BCUT2D eigenvalue weighted by Crippen LogP contribution is -2.02. The molecular weight excluding hydrogens is 230 g/mol. The first-order valence-electron chi connectivity index (χ1n) is 5.74. The number of benzene rings is 1. The average Bonchev–Trinajstić information content (AvgIpc) is 2.87. The molecule has 0 spiro atoms. The highest BCUT2D eigenvalue weighted by atomic mass is 16.5. The fourth-order valence-corrected chi connectivity index (χ4v) is 1.77. The summed E-state index contributed by atoms with van der Waals surface area (Å²) in [4.78, 5) is 4.30. The zero-order valence-corrected chi connectivity index (χ0v) is 10.6. The van der Waals surface area contributed by atoms with Crippen molar-refractivity contribution in [1.29, 1.82) is 0 Å². The van der Waals surface area contributed by atoms with Crippen LogP contribution in [-0.2, 0) is 6.42 Å². The fraction of sp³-hybridized carbons (Fsp3) is 0.308. The van der Waals surface area contributed by atoms with E-state index >= 15 is 0 Å². The number of methoxy groups -OCH3 is 2. The van der Waals surface area contributed by atoms with Crippen molar-refractivity contribution in [2.75, 3.05) is 20.8 Å². The molecule has 0 bridgehead atoms. The van der Waals surface area contributed by atoms with Gasteiger partial charge >= 0.3 is 0 Å². The Morgan fingerprint density at radius 3 is 2.78 bits per heavy atom. The number of hydrogen-bond donors (Lipinski definition) is 1. The quantitative estimate of drug-likeness (QED) is 0.867. The standard InChI is InChI=1S/C13H17N3O2/c1-17-11-3-4-13(18-2)12(7-11)16-8-10(5-6-14)15-9-16/h3-4,7-9H,5-6,14H2,1-2H3. The molecule has 0 aliphatic heterocycles.